The van der Waals surface area contributed by atoms with Gasteiger partial charge in [-0.2, -0.15) is 0 Å². The number of hydrogen-bond acceptors (Lipinski definition) is 3. The Balaban J connectivity index is 2.15. The van der Waals surface area contributed by atoms with Gasteiger partial charge in [0.2, 0.25) is 0 Å². The summed E-state index contributed by atoms with van der Waals surface area (Å²) < 4.78 is 6.20. The van der Waals surface area contributed by atoms with Gasteiger partial charge in [0.1, 0.15) is 5.75 Å². The summed E-state index contributed by atoms with van der Waals surface area (Å²) in [5.41, 5.74) is 0.584. The number of rotatable bonds is 5. The maximum Gasteiger partial charge on any atom is 0.257 e. The molecule has 2 rings (SSSR count). The Hall–Kier alpha value is -1.33. The summed E-state index contributed by atoms with van der Waals surface area (Å²) >= 11 is 5.11. The molecule has 21 heavy (non-hydrogen) atoms. The fourth-order valence-electron chi connectivity index (χ4n) is 2.09. The van der Waals surface area contributed by atoms with Crippen LogP contribution in [0.5, 0.6) is 5.75 Å². The van der Waals surface area contributed by atoms with Crippen LogP contribution in [0.25, 0.3) is 0 Å². The topological polar surface area (TPSA) is 29.5 Å². The fraction of sp³-hybridized carbons (Fsp3) is 0.312. The van der Waals surface area contributed by atoms with Crippen molar-refractivity contribution in [1.29, 1.82) is 0 Å². The summed E-state index contributed by atoms with van der Waals surface area (Å²) in [6.07, 6.45) is 0.860. The first-order valence-corrected chi connectivity index (χ1v) is 8.33. The molecule has 0 N–H and O–H groups in total. The second-order valence-corrected chi connectivity index (χ2v) is 6.84. The van der Waals surface area contributed by atoms with Crippen LogP contribution >= 0.6 is 27.3 Å². The molecule has 1 amide bonds. The van der Waals surface area contributed by atoms with Crippen LogP contribution in [0.2, 0.25) is 0 Å². The van der Waals surface area contributed by atoms with Crippen molar-refractivity contribution < 1.29 is 9.53 Å². The lowest BCUT2D eigenvalue weighted by Gasteiger charge is -2.25. The number of nitrogens with zero attached hydrogens (tertiary/aromatic N) is 1. The van der Waals surface area contributed by atoms with Crippen LogP contribution in [0.15, 0.2) is 40.2 Å². The zero-order valence-corrected chi connectivity index (χ0v) is 14.7. The number of benzene rings is 1. The van der Waals surface area contributed by atoms with Crippen LogP contribution in [0.1, 0.15) is 22.2 Å². The third-order valence-corrected chi connectivity index (χ3v) is 4.84. The van der Waals surface area contributed by atoms with Crippen molar-refractivity contribution in [3.8, 4) is 5.75 Å². The van der Waals surface area contributed by atoms with Crippen molar-refractivity contribution in [2.75, 3.05) is 14.2 Å². The Labute approximate surface area is 137 Å². The molecule has 0 saturated heterocycles. The average Bonchev–Trinajstić information content (AvgIpc) is 2.98. The molecule has 0 bridgehead atoms. The van der Waals surface area contributed by atoms with Crippen molar-refractivity contribution in [3.63, 3.8) is 0 Å². The first-order valence-electron chi connectivity index (χ1n) is 6.66. The molecule has 0 aliphatic carbocycles. The zero-order chi connectivity index (χ0) is 15.4. The van der Waals surface area contributed by atoms with Crippen molar-refractivity contribution in [2.24, 2.45) is 0 Å². The Bertz CT molecular complexity index is 613. The molecule has 1 aromatic heterocycles. The molecule has 1 aromatic carbocycles. The van der Waals surface area contributed by atoms with Gasteiger partial charge in [-0.1, -0.05) is 22.0 Å². The van der Waals surface area contributed by atoms with Crippen LogP contribution in [-0.2, 0) is 6.42 Å². The van der Waals surface area contributed by atoms with Crippen molar-refractivity contribution in [2.45, 2.75) is 19.4 Å². The lowest BCUT2D eigenvalue weighted by Crippen LogP contribution is -2.36. The van der Waals surface area contributed by atoms with E-state index in [9.17, 15) is 4.79 Å². The number of carbonyl (C=O) groups is 1. The highest BCUT2D eigenvalue weighted by Crippen LogP contribution is 2.25. The van der Waals surface area contributed by atoms with Crippen LogP contribution in [0, 0.1) is 0 Å². The maximum atomic E-state index is 12.6. The van der Waals surface area contributed by atoms with Gasteiger partial charge in [0.25, 0.3) is 5.91 Å². The maximum absolute atomic E-state index is 12.6. The van der Waals surface area contributed by atoms with Crippen molar-refractivity contribution in [3.05, 3.63) is 50.6 Å². The lowest BCUT2D eigenvalue weighted by molar-refractivity contribution is 0.0740. The van der Waals surface area contributed by atoms with Crippen LogP contribution in [0.3, 0.4) is 0 Å². The molecule has 0 radical (unpaired) electrons. The number of halogens is 1. The molecular weight excluding hydrogens is 350 g/mol. The number of carbonyl (C=O) groups excluding carboxylic acids is 1. The van der Waals surface area contributed by atoms with Crippen molar-refractivity contribution in [1.82, 2.24) is 4.90 Å². The van der Waals surface area contributed by atoms with Gasteiger partial charge in [-0.25, -0.2) is 0 Å². The van der Waals surface area contributed by atoms with Crippen LogP contribution in [-0.4, -0.2) is 31.0 Å². The Morgan fingerprint density at radius 3 is 2.81 bits per heavy atom. The minimum atomic E-state index is -0.0246. The predicted octanol–water partition coefficient (Wildman–Crippen LogP) is 4.22. The van der Waals surface area contributed by atoms with E-state index in [2.05, 4.69) is 34.3 Å². The number of amides is 1. The summed E-state index contributed by atoms with van der Waals surface area (Å²) in [7, 11) is 3.41. The summed E-state index contributed by atoms with van der Waals surface area (Å²) in [6, 6.07) is 9.72. The normalized spacial score (nSPS) is 12.0. The fourth-order valence-corrected chi connectivity index (χ4v) is 3.26. The van der Waals surface area contributed by atoms with Gasteiger partial charge >= 0.3 is 0 Å². The second kappa shape index (κ2) is 7.09. The lowest BCUT2D eigenvalue weighted by atomic mass is 10.1. The van der Waals surface area contributed by atoms with Gasteiger partial charge < -0.3 is 9.64 Å². The number of ether oxygens (including phenoxy) is 1. The average molecular weight is 368 g/mol. The molecule has 112 valence electrons. The minimum absolute atomic E-state index is 0.0246. The molecule has 0 aliphatic heterocycles. The van der Waals surface area contributed by atoms with Gasteiger partial charge in [-0.15, -0.1) is 11.3 Å². The largest absolute Gasteiger partial charge is 0.496 e. The van der Waals surface area contributed by atoms with E-state index in [1.54, 1.807) is 29.4 Å². The number of methoxy groups -OCH3 is 1. The van der Waals surface area contributed by atoms with Gasteiger partial charge in [-0.3, -0.25) is 4.79 Å². The number of thiophene rings is 1. The second-order valence-electron chi connectivity index (χ2n) is 4.89. The molecule has 1 atom stereocenters. The summed E-state index contributed by atoms with van der Waals surface area (Å²) in [6.45, 7) is 2.06. The van der Waals surface area contributed by atoms with Crippen molar-refractivity contribution >= 4 is 33.2 Å². The Kier molecular flexibility index (Phi) is 5.42. The third kappa shape index (κ3) is 3.86. The zero-order valence-electron chi connectivity index (χ0n) is 12.3. The van der Waals surface area contributed by atoms with E-state index in [-0.39, 0.29) is 11.9 Å². The van der Waals surface area contributed by atoms with Crippen LogP contribution in [0.4, 0.5) is 0 Å². The number of hydrogen-bond donors (Lipinski definition) is 0. The van der Waals surface area contributed by atoms with Gasteiger partial charge in [0, 0.05) is 28.9 Å². The predicted molar refractivity (Wildman–Crippen MR) is 90.3 cm³/mol. The van der Waals surface area contributed by atoms with E-state index < -0.39 is 0 Å². The standard InChI is InChI=1S/C16H18BrNO2S/c1-11(9-13-5-4-8-21-13)18(2)16(19)14-7-6-12(17)10-15(14)20-3/h4-8,10-11H,9H2,1-3H3. The van der Waals surface area contributed by atoms with Crippen LogP contribution < -0.4 is 4.74 Å². The SMILES string of the molecule is COc1cc(Br)ccc1C(=O)N(C)C(C)Cc1cccs1. The van der Waals surface area contributed by atoms with Gasteiger partial charge in [-0.05, 0) is 36.6 Å². The molecule has 1 unspecified atom stereocenters. The van der Waals surface area contributed by atoms with Gasteiger partial charge in [0.15, 0.2) is 0 Å². The Morgan fingerprint density at radius 1 is 1.43 bits per heavy atom. The molecule has 0 fully saturated rings. The molecule has 5 heteroatoms. The highest BCUT2D eigenvalue weighted by Gasteiger charge is 2.21. The first-order chi connectivity index (χ1) is 10.0. The first kappa shape index (κ1) is 16.0. The third-order valence-electron chi connectivity index (χ3n) is 3.45. The summed E-state index contributed by atoms with van der Waals surface area (Å²) in [5.74, 6) is 0.563. The molecule has 3 nitrogen and oxygen atoms in total. The molecule has 2 aromatic rings. The Morgan fingerprint density at radius 2 is 2.19 bits per heavy atom. The highest BCUT2D eigenvalue weighted by molar-refractivity contribution is 9.10. The minimum Gasteiger partial charge on any atom is -0.496 e. The molecule has 1 heterocycles. The van der Waals surface area contributed by atoms with E-state index in [4.69, 9.17) is 4.74 Å². The summed E-state index contributed by atoms with van der Waals surface area (Å²) in [5, 5.41) is 2.06. The quantitative estimate of drug-likeness (QED) is 0.791. The van der Waals surface area contributed by atoms with Gasteiger partial charge in [0.05, 0.1) is 12.7 Å². The smallest absolute Gasteiger partial charge is 0.257 e. The number of likely N-dealkylation sites (N-methyl/N-ethyl adjacent to an activating group) is 1. The highest BCUT2D eigenvalue weighted by atomic mass is 79.9. The monoisotopic (exact) mass is 367 g/mol. The molecular formula is C16H18BrNO2S. The molecule has 0 aliphatic rings. The molecule has 0 saturated carbocycles. The molecule has 0 spiro atoms. The van der Waals surface area contributed by atoms with E-state index in [1.165, 1.54) is 4.88 Å². The van der Waals surface area contributed by atoms with E-state index in [0.29, 0.717) is 11.3 Å². The van der Waals surface area contributed by atoms with E-state index in [0.717, 1.165) is 10.9 Å². The van der Waals surface area contributed by atoms with E-state index >= 15 is 0 Å². The summed E-state index contributed by atoms with van der Waals surface area (Å²) in [4.78, 5) is 15.7. The van der Waals surface area contributed by atoms with E-state index in [1.807, 2.05) is 25.2 Å².